The Morgan fingerprint density at radius 3 is 2.54 bits per heavy atom. The van der Waals surface area contributed by atoms with Crippen LogP contribution in [0.2, 0.25) is 0 Å². The number of piperazine rings is 1. The van der Waals surface area contributed by atoms with Crippen molar-refractivity contribution in [1.82, 2.24) is 19.9 Å². The van der Waals surface area contributed by atoms with Crippen LogP contribution in [0.25, 0.3) is 33.8 Å². The lowest BCUT2D eigenvalue weighted by Gasteiger charge is -2.39. The van der Waals surface area contributed by atoms with E-state index in [-0.39, 0.29) is 5.82 Å². The van der Waals surface area contributed by atoms with E-state index < -0.39 is 12.3 Å². The van der Waals surface area contributed by atoms with Crippen molar-refractivity contribution in [3.05, 3.63) is 84.4 Å². The molecule has 2 aromatic heterocycles. The first kappa shape index (κ1) is 26.9. The van der Waals surface area contributed by atoms with Gasteiger partial charge in [-0.15, -0.1) is 0 Å². The van der Waals surface area contributed by atoms with E-state index in [1.165, 1.54) is 12.1 Å². The van der Waals surface area contributed by atoms with Crippen LogP contribution in [-0.2, 0) is 6.54 Å². The lowest BCUT2D eigenvalue weighted by molar-refractivity contribution is -0.0756. The molecule has 5 aromatic rings. The highest BCUT2D eigenvalue weighted by molar-refractivity contribution is 5.77. The summed E-state index contributed by atoms with van der Waals surface area (Å²) in [6.07, 6.45) is -1.25. The van der Waals surface area contributed by atoms with Crippen LogP contribution >= 0.6 is 0 Å². The fraction of sp³-hybridized carbons (Fsp3) is 0.290. The molecule has 0 bridgehead atoms. The Balaban J connectivity index is 1.08. The normalized spacial score (nSPS) is 16.1. The molecule has 1 saturated heterocycles. The van der Waals surface area contributed by atoms with Crippen LogP contribution in [0.15, 0.2) is 81.7 Å². The molecule has 0 spiro atoms. The summed E-state index contributed by atoms with van der Waals surface area (Å²) in [7, 11) is 1.64. The standard InChI is InChI=1S/C31H31FN4O5/c1-20(37)31(39-23-11-12-29-27(17-23)33-30(40-29)21-7-9-22(32)10-8-21)36-15-13-35(14-16-36)19-24-18-26(34-41-24)25-5-3-4-6-28(25)38-2/h3-12,17-18,20,31,37H,13-16,19H2,1-2H3/t20-,31?/m1/s1. The molecule has 6 rings (SSSR count). The summed E-state index contributed by atoms with van der Waals surface area (Å²) < 4.78 is 36.5. The Bertz CT molecular complexity index is 1610. The van der Waals surface area contributed by atoms with Gasteiger partial charge in [0.25, 0.3) is 0 Å². The van der Waals surface area contributed by atoms with Gasteiger partial charge in [0.2, 0.25) is 5.89 Å². The molecule has 2 atom stereocenters. The third-order valence-electron chi connectivity index (χ3n) is 7.21. The van der Waals surface area contributed by atoms with Crippen molar-refractivity contribution in [2.24, 2.45) is 0 Å². The van der Waals surface area contributed by atoms with Crippen LogP contribution in [0.1, 0.15) is 12.7 Å². The summed E-state index contributed by atoms with van der Waals surface area (Å²) in [4.78, 5) is 8.98. The second-order valence-electron chi connectivity index (χ2n) is 10.1. The largest absolute Gasteiger partial charge is 0.496 e. The summed E-state index contributed by atoms with van der Waals surface area (Å²) in [5.74, 6) is 2.20. The summed E-state index contributed by atoms with van der Waals surface area (Å²) >= 11 is 0. The number of para-hydroxylation sites is 1. The van der Waals surface area contributed by atoms with Gasteiger partial charge in [-0.1, -0.05) is 17.3 Å². The first-order chi connectivity index (χ1) is 20.0. The molecule has 10 heteroatoms. The second kappa shape index (κ2) is 11.7. The average Bonchev–Trinajstić information content (AvgIpc) is 3.63. The van der Waals surface area contributed by atoms with E-state index in [9.17, 15) is 9.50 Å². The van der Waals surface area contributed by atoms with Crippen molar-refractivity contribution in [3.63, 3.8) is 0 Å². The van der Waals surface area contributed by atoms with Gasteiger partial charge in [0, 0.05) is 49.4 Å². The molecule has 212 valence electrons. The van der Waals surface area contributed by atoms with Crippen molar-refractivity contribution in [2.45, 2.75) is 25.8 Å². The molecular weight excluding hydrogens is 527 g/mol. The summed E-state index contributed by atoms with van der Waals surface area (Å²) in [5.41, 5.74) is 3.54. The topological polar surface area (TPSA) is 97.2 Å². The van der Waals surface area contributed by atoms with Gasteiger partial charge in [-0.2, -0.15) is 0 Å². The number of oxazole rings is 1. The quantitative estimate of drug-likeness (QED) is 0.262. The van der Waals surface area contributed by atoms with Gasteiger partial charge >= 0.3 is 0 Å². The van der Waals surface area contributed by atoms with Crippen molar-refractivity contribution in [2.75, 3.05) is 33.3 Å². The number of ether oxygens (including phenoxy) is 2. The molecule has 41 heavy (non-hydrogen) atoms. The minimum atomic E-state index is -0.720. The third kappa shape index (κ3) is 5.95. The van der Waals surface area contributed by atoms with E-state index in [1.54, 1.807) is 44.4 Å². The first-order valence-electron chi connectivity index (χ1n) is 13.5. The van der Waals surface area contributed by atoms with Gasteiger partial charge in [0.05, 0.1) is 13.7 Å². The van der Waals surface area contributed by atoms with Crippen LogP contribution < -0.4 is 9.47 Å². The number of halogens is 1. The van der Waals surface area contributed by atoms with E-state index in [2.05, 4.69) is 19.9 Å². The molecule has 1 aliphatic rings. The minimum Gasteiger partial charge on any atom is -0.496 e. The summed E-state index contributed by atoms with van der Waals surface area (Å²) in [6, 6.07) is 21.1. The van der Waals surface area contributed by atoms with Crippen LogP contribution in [0, 0.1) is 5.82 Å². The van der Waals surface area contributed by atoms with Crippen molar-refractivity contribution >= 4 is 11.1 Å². The SMILES string of the molecule is COc1ccccc1-c1cc(CN2CCN(C(Oc3ccc4oc(-c5ccc(F)cc5)nc4c3)[C@@H](C)O)CC2)on1. The van der Waals surface area contributed by atoms with Gasteiger partial charge in [-0.25, -0.2) is 9.37 Å². The number of aromatic nitrogens is 2. The smallest absolute Gasteiger partial charge is 0.227 e. The maximum Gasteiger partial charge on any atom is 0.227 e. The highest BCUT2D eigenvalue weighted by Crippen LogP contribution is 2.30. The van der Waals surface area contributed by atoms with Gasteiger partial charge < -0.3 is 23.5 Å². The van der Waals surface area contributed by atoms with Gasteiger partial charge in [-0.05, 0) is 55.5 Å². The number of hydrogen-bond donors (Lipinski definition) is 1. The fourth-order valence-corrected chi connectivity index (χ4v) is 5.08. The molecule has 3 aromatic carbocycles. The highest BCUT2D eigenvalue weighted by atomic mass is 19.1. The summed E-state index contributed by atoms with van der Waals surface area (Å²) in [5, 5.41) is 14.8. The zero-order chi connectivity index (χ0) is 28.3. The molecule has 1 unspecified atom stereocenters. The van der Waals surface area contributed by atoms with Crippen molar-refractivity contribution in [1.29, 1.82) is 0 Å². The Labute approximate surface area is 236 Å². The number of aliphatic hydroxyl groups is 1. The molecule has 0 amide bonds. The highest BCUT2D eigenvalue weighted by Gasteiger charge is 2.29. The number of aliphatic hydroxyl groups excluding tert-OH is 1. The number of methoxy groups -OCH3 is 1. The average molecular weight is 559 g/mol. The lowest BCUT2D eigenvalue weighted by Crippen LogP contribution is -2.55. The van der Waals surface area contributed by atoms with E-state index in [1.807, 2.05) is 30.3 Å². The minimum absolute atomic E-state index is 0.318. The zero-order valence-electron chi connectivity index (χ0n) is 22.9. The molecule has 0 radical (unpaired) electrons. The molecule has 3 heterocycles. The van der Waals surface area contributed by atoms with E-state index in [0.29, 0.717) is 47.9 Å². The van der Waals surface area contributed by atoms with Gasteiger partial charge in [-0.3, -0.25) is 9.80 Å². The molecular formula is C31H31FN4O5. The lowest BCUT2D eigenvalue weighted by atomic mass is 10.1. The van der Waals surface area contributed by atoms with Crippen LogP contribution in [0.4, 0.5) is 4.39 Å². The number of fused-ring (bicyclic) bond motifs is 1. The summed E-state index contributed by atoms with van der Waals surface area (Å²) in [6.45, 7) is 5.34. The number of nitrogens with zero attached hydrogens (tertiary/aromatic N) is 4. The first-order valence-corrected chi connectivity index (χ1v) is 13.5. The molecule has 1 fully saturated rings. The monoisotopic (exact) mass is 558 g/mol. The van der Waals surface area contributed by atoms with Crippen LogP contribution in [0.5, 0.6) is 11.5 Å². The van der Waals surface area contributed by atoms with Gasteiger partial charge in [0.1, 0.15) is 34.6 Å². The second-order valence-corrected chi connectivity index (χ2v) is 10.1. The Morgan fingerprint density at radius 1 is 1.00 bits per heavy atom. The van der Waals surface area contributed by atoms with Crippen molar-refractivity contribution < 1.29 is 27.9 Å². The Kier molecular flexibility index (Phi) is 7.69. The zero-order valence-corrected chi connectivity index (χ0v) is 22.9. The van der Waals surface area contributed by atoms with Crippen LogP contribution in [0.3, 0.4) is 0 Å². The molecule has 0 aliphatic carbocycles. The maximum absolute atomic E-state index is 13.3. The predicted molar refractivity (Wildman–Crippen MR) is 151 cm³/mol. The number of hydrogen-bond acceptors (Lipinski definition) is 9. The predicted octanol–water partition coefficient (Wildman–Crippen LogP) is 5.20. The number of benzene rings is 3. The number of rotatable bonds is 9. The van der Waals surface area contributed by atoms with Crippen molar-refractivity contribution in [3.8, 4) is 34.2 Å². The van der Waals surface area contributed by atoms with E-state index in [4.69, 9.17) is 18.4 Å². The van der Waals surface area contributed by atoms with E-state index >= 15 is 0 Å². The van der Waals surface area contributed by atoms with Crippen LogP contribution in [-0.4, -0.2) is 70.7 Å². The maximum atomic E-state index is 13.3. The molecule has 1 aliphatic heterocycles. The fourth-order valence-electron chi connectivity index (χ4n) is 5.08. The Hall–Kier alpha value is -4.25. The Morgan fingerprint density at radius 2 is 1.78 bits per heavy atom. The molecule has 9 nitrogen and oxygen atoms in total. The molecule has 0 saturated carbocycles. The van der Waals surface area contributed by atoms with E-state index in [0.717, 1.165) is 35.9 Å². The third-order valence-corrected chi connectivity index (χ3v) is 7.21. The molecule has 1 N–H and O–H groups in total. The van der Waals surface area contributed by atoms with Gasteiger partial charge in [0.15, 0.2) is 17.6 Å².